The van der Waals surface area contributed by atoms with Crippen LogP contribution in [0.2, 0.25) is 0 Å². The predicted molar refractivity (Wildman–Crippen MR) is 81.1 cm³/mol. The van der Waals surface area contributed by atoms with E-state index < -0.39 is 0 Å². The van der Waals surface area contributed by atoms with Crippen molar-refractivity contribution in [2.24, 2.45) is 0 Å². The third kappa shape index (κ3) is 3.92. The lowest BCUT2D eigenvalue weighted by Crippen LogP contribution is -2.29. The van der Waals surface area contributed by atoms with Crippen LogP contribution in [0.4, 0.5) is 0 Å². The number of amides is 1. The molecule has 0 radical (unpaired) electrons. The maximum atomic E-state index is 11.6. The van der Waals surface area contributed by atoms with E-state index in [-0.39, 0.29) is 5.91 Å². The fraction of sp³-hybridized carbons (Fsp3) is 0.375. The Morgan fingerprint density at radius 3 is 2.90 bits per heavy atom. The summed E-state index contributed by atoms with van der Waals surface area (Å²) in [4.78, 5) is 11.6. The highest BCUT2D eigenvalue weighted by atomic mass is 16.1. The molecule has 0 saturated heterocycles. The Bertz CT molecular complexity index is 590. The van der Waals surface area contributed by atoms with Crippen LogP contribution in [0, 0.1) is 0 Å². The highest BCUT2D eigenvalue weighted by molar-refractivity contribution is 5.76. The topological polar surface area (TPSA) is 59.0 Å². The number of para-hydroxylation sites is 1. The maximum Gasteiger partial charge on any atom is 0.221 e. The molecule has 110 valence electrons. The summed E-state index contributed by atoms with van der Waals surface area (Å²) in [7, 11) is 0. The Kier molecular flexibility index (Phi) is 4.31. The molecular formula is C16H20N4O. The summed E-state index contributed by atoms with van der Waals surface area (Å²) < 4.78 is 1.86. The fourth-order valence-electron chi connectivity index (χ4n) is 2.25. The maximum absolute atomic E-state index is 11.6. The molecule has 1 amide bonds. The van der Waals surface area contributed by atoms with E-state index in [9.17, 15) is 4.79 Å². The van der Waals surface area contributed by atoms with Gasteiger partial charge in [0.05, 0.1) is 5.69 Å². The van der Waals surface area contributed by atoms with Crippen LogP contribution < -0.4 is 10.6 Å². The van der Waals surface area contributed by atoms with Gasteiger partial charge in [-0.3, -0.25) is 4.79 Å². The number of hydrogen-bond donors (Lipinski definition) is 2. The first kappa shape index (κ1) is 13.8. The van der Waals surface area contributed by atoms with E-state index in [2.05, 4.69) is 21.8 Å². The van der Waals surface area contributed by atoms with Crippen LogP contribution in [0.5, 0.6) is 0 Å². The van der Waals surface area contributed by atoms with E-state index in [0.717, 1.165) is 25.1 Å². The lowest BCUT2D eigenvalue weighted by molar-refractivity contribution is -0.121. The summed E-state index contributed by atoms with van der Waals surface area (Å²) in [5.74, 6) is 0.144. The second-order valence-corrected chi connectivity index (χ2v) is 5.35. The van der Waals surface area contributed by atoms with Crippen molar-refractivity contribution in [2.75, 3.05) is 6.54 Å². The molecule has 0 atom stereocenters. The molecule has 0 spiro atoms. The van der Waals surface area contributed by atoms with Gasteiger partial charge in [0.15, 0.2) is 0 Å². The van der Waals surface area contributed by atoms with Crippen molar-refractivity contribution >= 4 is 5.91 Å². The van der Waals surface area contributed by atoms with E-state index in [4.69, 9.17) is 0 Å². The van der Waals surface area contributed by atoms with E-state index in [0.29, 0.717) is 19.0 Å². The van der Waals surface area contributed by atoms with E-state index in [1.54, 1.807) is 6.20 Å². The monoisotopic (exact) mass is 284 g/mol. The van der Waals surface area contributed by atoms with Crippen LogP contribution in [-0.2, 0) is 11.3 Å². The zero-order chi connectivity index (χ0) is 14.5. The predicted octanol–water partition coefficient (Wildman–Crippen LogP) is 1.63. The van der Waals surface area contributed by atoms with Gasteiger partial charge in [-0.1, -0.05) is 18.2 Å². The Morgan fingerprint density at radius 1 is 1.29 bits per heavy atom. The Labute approximate surface area is 124 Å². The third-order valence-electron chi connectivity index (χ3n) is 3.53. The Hall–Kier alpha value is -2.14. The van der Waals surface area contributed by atoms with Gasteiger partial charge in [0, 0.05) is 37.9 Å². The smallest absolute Gasteiger partial charge is 0.221 e. The van der Waals surface area contributed by atoms with Gasteiger partial charge in [0.2, 0.25) is 5.91 Å². The minimum atomic E-state index is 0.144. The molecule has 1 aliphatic carbocycles. The largest absolute Gasteiger partial charge is 0.353 e. The van der Waals surface area contributed by atoms with Crippen molar-refractivity contribution in [2.45, 2.75) is 31.8 Å². The summed E-state index contributed by atoms with van der Waals surface area (Å²) in [6.07, 6.45) is 6.50. The summed E-state index contributed by atoms with van der Waals surface area (Å²) >= 11 is 0. The molecular weight excluding hydrogens is 264 g/mol. The Balaban J connectivity index is 1.50. The van der Waals surface area contributed by atoms with Crippen molar-refractivity contribution in [3.63, 3.8) is 0 Å². The molecule has 21 heavy (non-hydrogen) atoms. The number of nitrogens with zero attached hydrogens (tertiary/aromatic N) is 2. The highest BCUT2D eigenvalue weighted by Crippen LogP contribution is 2.18. The molecule has 0 bridgehead atoms. The van der Waals surface area contributed by atoms with Crippen LogP contribution in [0.15, 0.2) is 42.7 Å². The highest BCUT2D eigenvalue weighted by Gasteiger charge is 2.22. The summed E-state index contributed by atoms with van der Waals surface area (Å²) in [6, 6.07) is 10.5. The molecule has 1 heterocycles. The SMILES string of the molecule is O=C(CCNCc1ccccc1-n1cccn1)NC1CC1. The van der Waals surface area contributed by atoms with Crippen LogP contribution in [0.1, 0.15) is 24.8 Å². The van der Waals surface area contributed by atoms with Crippen molar-refractivity contribution < 1.29 is 4.79 Å². The minimum absolute atomic E-state index is 0.144. The molecule has 1 aromatic carbocycles. The number of carbonyl (C=O) groups is 1. The second kappa shape index (κ2) is 6.54. The van der Waals surface area contributed by atoms with E-state index in [1.165, 1.54) is 5.56 Å². The van der Waals surface area contributed by atoms with Gasteiger partial charge in [0.1, 0.15) is 0 Å². The normalized spacial score (nSPS) is 14.1. The molecule has 5 heteroatoms. The summed E-state index contributed by atoms with van der Waals surface area (Å²) in [6.45, 7) is 1.42. The number of aromatic nitrogens is 2. The molecule has 2 N–H and O–H groups in total. The molecule has 5 nitrogen and oxygen atoms in total. The second-order valence-electron chi connectivity index (χ2n) is 5.35. The average Bonchev–Trinajstić information content (AvgIpc) is 3.14. The van der Waals surface area contributed by atoms with Crippen LogP contribution in [0.3, 0.4) is 0 Å². The van der Waals surface area contributed by atoms with E-state index >= 15 is 0 Å². The molecule has 1 aliphatic rings. The van der Waals surface area contributed by atoms with Crippen molar-refractivity contribution in [3.05, 3.63) is 48.3 Å². The zero-order valence-corrected chi connectivity index (χ0v) is 12.0. The summed E-state index contributed by atoms with van der Waals surface area (Å²) in [5.41, 5.74) is 2.24. The number of carbonyl (C=O) groups excluding carboxylic acids is 1. The van der Waals surface area contributed by atoms with Crippen LogP contribution >= 0.6 is 0 Å². The lowest BCUT2D eigenvalue weighted by Gasteiger charge is -2.10. The molecule has 3 rings (SSSR count). The van der Waals surface area contributed by atoms with Gasteiger partial charge < -0.3 is 10.6 Å². The third-order valence-corrected chi connectivity index (χ3v) is 3.53. The van der Waals surface area contributed by atoms with Gasteiger partial charge in [-0.05, 0) is 30.5 Å². The minimum Gasteiger partial charge on any atom is -0.353 e. The number of hydrogen-bond acceptors (Lipinski definition) is 3. The lowest BCUT2D eigenvalue weighted by atomic mass is 10.1. The van der Waals surface area contributed by atoms with Crippen LogP contribution in [-0.4, -0.2) is 28.3 Å². The molecule has 1 aromatic heterocycles. The Morgan fingerprint density at radius 2 is 2.14 bits per heavy atom. The van der Waals surface area contributed by atoms with Crippen LogP contribution in [0.25, 0.3) is 5.69 Å². The molecule has 2 aromatic rings. The zero-order valence-electron chi connectivity index (χ0n) is 12.0. The van der Waals surface area contributed by atoms with E-state index in [1.807, 2.05) is 35.1 Å². The summed E-state index contributed by atoms with van der Waals surface area (Å²) in [5, 5.41) is 10.6. The number of nitrogens with one attached hydrogen (secondary N) is 2. The quantitative estimate of drug-likeness (QED) is 0.760. The first-order valence-electron chi connectivity index (χ1n) is 7.41. The van der Waals surface area contributed by atoms with Gasteiger partial charge in [-0.15, -0.1) is 0 Å². The molecule has 1 saturated carbocycles. The molecule has 0 aliphatic heterocycles. The fourth-order valence-corrected chi connectivity index (χ4v) is 2.25. The number of rotatable bonds is 7. The van der Waals surface area contributed by atoms with Crippen molar-refractivity contribution in [3.8, 4) is 5.69 Å². The van der Waals surface area contributed by atoms with Gasteiger partial charge in [0.25, 0.3) is 0 Å². The first-order chi connectivity index (χ1) is 10.3. The van der Waals surface area contributed by atoms with Gasteiger partial charge >= 0.3 is 0 Å². The standard InChI is InChI=1S/C16H20N4O/c21-16(19-14-6-7-14)8-10-17-12-13-4-1-2-5-15(13)20-11-3-9-18-20/h1-5,9,11,14,17H,6-8,10,12H2,(H,19,21). The van der Waals surface area contributed by atoms with Crippen molar-refractivity contribution in [1.29, 1.82) is 0 Å². The van der Waals surface area contributed by atoms with Gasteiger partial charge in [-0.2, -0.15) is 5.10 Å². The van der Waals surface area contributed by atoms with Gasteiger partial charge in [-0.25, -0.2) is 4.68 Å². The molecule has 1 fully saturated rings. The molecule has 0 unspecified atom stereocenters. The average molecular weight is 284 g/mol. The first-order valence-corrected chi connectivity index (χ1v) is 7.41. The van der Waals surface area contributed by atoms with Crippen molar-refractivity contribution in [1.82, 2.24) is 20.4 Å². The number of benzene rings is 1.